The first kappa shape index (κ1) is 20.6. The number of sulfonamides is 1. The lowest BCUT2D eigenvalue weighted by molar-refractivity contribution is 0.0401. The van der Waals surface area contributed by atoms with E-state index >= 15 is 0 Å². The van der Waals surface area contributed by atoms with Gasteiger partial charge in [-0.3, -0.25) is 0 Å². The lowest BCUT2D eigenvalue weighted by Gasteiger charge is -2.12. The van der Waals surface area contributed by atoms with Gasteiger partial charge in [0.05, 0.1) is 29.4 Å². The largest absolute Gasteiger partial charge is 0.478 e. The summed E-state index contributed by atoms with van der Waals surface area (Å²) in [5.41, 5.74) is 0.349. The van der Waals surface area contributed by atoms with E-state index in [9.17, 15) is 22.5 Å². The maximum absolute atomic E-state index is 13.1. The summed E-state index contributed by atoms with van der Waals surface area (Å²) in [6.07, 6.45) is -0.120. The maximum atomic E-state index is 13.1. The highest BCUT2D eigenvalue weighted by Crippen LogP contribution is 2.31. The summed E-state index contributed by atoms with van der Waals surface area (Å²) < 4.78 is 62.5. The molecule has 13 heteroatoms. The predicted molar refractivity (Wildman–Crippen MR) is 98.9 cm³/mol. The smallest absolute Gasteiger partial charge is 0.266 e. The molecule has 1 atom stereocenters. The molecule has 0 saturated heterocycles. The van der Waals surface area contributed by atoms with Gasteiger partial charge in [-0.2, -0.15) is 14.6 Å². The van der Waals surface area contributed by atoms with Crippen LogP contribution in [0.5, 0.6) is 11.6 Å². The van der Waals surface area contributed by atoms with Crippen LogP contribution in [0.15, 0.2) is 29.4 Å². The zero-order valence-corrected chi connectivity index (χ0v) is 16.2. The molecule has 2 aromatic heterocycles. The highest BCUT2D eigenvalue weighted by Gasteiger charge is 2.23. The van der Waals surface area contributed by atoms with Crippen molar-refractivity contribution in [3.8, 4) is 17.7 Å². The van der Waals surface area contributed by atoms with Crippen LogP contribution < -0.4 is 14.2 Å². The van der Waals surface area contributed by atoms with Crippen molar-refractivity contribution in [2.75, 3.05) is 18.5 Å². The minimum atomic E-state index is -4.19. The van der Waals surface area contributed by atoms with Gasteiger partial charge < -0.3 is 14.5 Å². The van der Waals surface area contributed by atoms with Gasteiger partial charge in [-0.25, -0.2) is 22.5 Å². The Morgan fingerprint density at radius 2 is 2.21 bits per heavy atom. The molecule has 0 aliphatic carbocycles. The van der Waals surface area contributed by atoms with Gasteiger partial charge in [0.2, 0.25) is 11.7 Å². The molecule has 152 valence electrons. The van der Waals surface area contributed by atoms with Crippen molar-refractivity contribution in [2.45, 2.75) is 11.3 Å². The number of alkyl halides is 2. The van der Waals surface area contributed by atoms with Gasteiger partial charge in [0.1, 0.15) is 11.0 Å². The summed E-state index contributed by atoms with van der Waals surface area (Å²) in [7, 11) is -3.01. The number of rotatable bonds is 7. The van der Waals surface area contributed by atoms with Gasteiger partial charge in [0, 0.05) is 11.6 Å². The highest BCUT2D eigenvalue weighted by atomic mass is 35.5. The van der Waals surface area contributed by atoms with Gasteiger partial charge in [0.25, 0.3) is 22.3 Å². The molecular formula is C16H12ClF2N5O4S. The SMILES string of the molecule is COc1nc(NS(=O)(=O)c2c[nH]c3c(C#N)c(Cl)ccc23)ncc1OC(F)CF. The van der Waals surface area contributed by atoms with E-state index in [-0.39, 0.29) is 38.0 Å². The van der Waals surface area contributed by atoms with Crippen LogP contribution >= 0.6 is 11.6 Å². The number of benzene rings is 1. The summed E-state index contributed by atoms with van der Waals surface area (Å²) in [5.74, 6) is -0.999. The number of H-pyrrole nitrogens is 1. The van der Waals surface area contributed by atoms with Crippen molar-refractivity contribution in [1.29, 1.82) is 5.26 Å². The second-order valence-electron chi connectivity index (χ2n) is 5.46. The lowest BCUT2D eigenvalue weighted by atomic mass is 10.1. The van der Waals surface area contributed by atoms with E-state index in [0.29, 0.717) is 0 Å². The Morgan fingerprint density at radius 3 is 2.86 bits per heavy atom. The van der Waals surface area contributed by atoms with Crippen molar-refractivity contribution >= 4 is 38.5 Å². The van der Waals surface area contributed by atoms with E-state index in [0.717, 1.165) is 6.20 Å². The average Bonchev–Trinajstić information content (AvgIpc) is 3.13. The van der Waals surface area contributed by atoms with Crippen molar-refractivity contribution in [3.63, 3.8) is 0 Å². The van der Waals surface area contributed by atoms with Crippen LogP contribution in [0.25, 0.3) is 10.9 Å². The fourth-order valence-electron chi connectivity index (χ4n) is 2.46. The van der Waals surface area contributed by atoms with E-state index < -0.39 is 29.0 Å². The van der Waals surface area contributed by atoms with E-state index in [1.807, 2.05) is 6.07 Å². The number of fused-ring (bicyclic) bond motifs is 1. The van der Waals surface area contributed by atoms with Crippen LogP contribution in [-0.4, -0.2) is 43.5 Å². The predicted octanol–water partition coefficient (Wildman–Crippen LogP) is 2.94. The minimum Gasteiger partial charge on any atom is -0.478 e. The molecule has 0 spiro atoms. The summed E-state index contributed by atoms with van der Waals surface area (Å²) >= 11 is 5.95. The monoisotopic (exact) mass is 443 g/mol. The van der Waals surface area contributed by atoms with Crippen LogP contribution in [0, 0.1) is 11.3 Å². The summed E-state index contributed by atoms with van der Waals surface area (Å²) in [5, 5.41) is 9.61. The molecule has 0 fully saturated rings. The molecule has 1 unspecified atom stereocenters. The molecule has 29 heavy (non-hydrogen) atoms. The zero-order valence-electron chi connectivity index (χ0n) is 14.6. The molecule has 0 aliphatic rings. The lowest BCUT2D eigenvalue weighted by Crippen LogP contribution is -2.16. The van der Waals surface area contributed by atoms with Crippen molar-refractivity contribution < 1.29 is 26.7 Å². The van der Waals surface area contributed by atoms with Crippen molar-refractivity contribution in [2.24, 2.45) is 0 Å². The number of nitriles is 1. The Hall–Kier alpha value is -3.17. The number of anilines is 1. The number of hydrogen-bond acceptors (Lipinski definition) is 7. The van der Waals surface area contributed by atoms with Gasteiger partial charge in [0.15, 0.2) is 6.67 Å². The molecule has 0 bridgehead atoms. The third kappa shape index (κ3) is 4.01. The van der Waals surface area contributed by atoms with Crippen LogP contribution in [0.1, 0.15) is 5.56 Å². The number of nitrogens with one attached hydrogen (secondary N) is 2. The van der Waals surface area contributed by atoms with Crippen LogP contribution in [0.3, 0.4) is 0 Å². The molecule has 3 rings (SSSR count). The Labute approximate surface area is 168 Å². The summed E-state index contributed by atoms with van der Waals surface area (Å²) in [6, 6.07) is 4.75. The maximum Gasteiger partial charge on any atom is 0.266 e. The number of aromatic nitrogens is 3. The third-order valence-electron chi connectivity index (χ3n) is 3.69. The number of aromatic amines is 1. The average molecular weight is 444 g/mol. The number of ether oxygens (including phenoxy) is 2. The summed E-state index contributed by atoms with van der Waals surface area (Å²) in [4.78, 5) is 10.0. The second kappa shape index (κ2) is 8.06. The molecule has 2 heterocycles. The normalized spacial score (nSPS) is 12.4. The number of nitrogens with zero attached hydrogens (tertiary/aromatic N) is 3. The molecule has 1 aromatic carbocycles. The van der Waals surface area contributed by atoms with Crippen molar-refractivity contribution in [3.05, 3.63) is 35.1 Å². The topological polar surface area (TPSA) is 130 Å². The first-order valence-corrected chi connectivity index (χ1v) is 9.67. The van der Waals surface area contributed by atoms with E-state index in [1.165, 1.54) is 25.4 Å². The van der Waals surface area contributed by atoms with Gasteiger partial charge >= 0.3 is 0 Å². The molecular weight excluding hydrogens is 432 g/mol. The van der Waals surface area contributed by atoms with Gasteiger partial charge in [-0.1, -0.05) is 11.6 Å². The Morgan fingerprint density at radius 1 is 1.45 bits per heavy atom. The van der Waals surface area contributed by atoms with Crippen LogP contribution in [0.2, 0.25) is 5.02 Å². The number of hydrogen-bond donors (Lipinski definition) is 2. The fourth-order valence-corrected chi connectivity index (χ4v) is 3.78. The molecule has 2 N–H and O–H groups in total. The van der Waals surface area contributed by atoms with E-state index in [2.05, 4.69) is 24.4 Å². The minimum absolute atomic E-state index is 0.0960. The Kier molecular flexibility index (Phi) is 5.71. The number of halogens is 3. The Balaban J connectivity index is 1.96. The number of methoxy groups -OCH3 is 1. The first-order chi connectivity index (χ1) is 13.8. The molecule has 0 saturated carbocycles. The fraction of sp³-hybridized carbons (Fsp3) is 0.188. The zero-order chi connectivity index (χ0) is 21.2. The molecule has 0 aliphatic heterocycles. The summed E-state index contributed by atoms with van der Waals surface area (Å²) in [6.45, 7) is -1.40. The van der Waals surface area contributed by atoms with E-state index in [1.54, 1.807) is 0 Å². The standard InChI is InChI=1S/C16H12ClF2N5O4S/c1-27-15-11(28-13(19)4-18)6-22-16(23-15)24-29(25,26)12-7-21-14-8(12)2-3-10(17)9(14)5-20/h2-3,6-7,13,21H,4H2,1H3,(H,22,23,24). The van der Waals surface area contributed by atoms with E-state index in [4.69, 9.17) is 16.3 Å². The highest BCUT2D eigenvalue weighted by molar-refractivity contribution is 7.93. The quantitative estimate of drug-likeness (QED) is 0.574. The molecule has 0 radical (unpaired) electrons. The van der Waals surface area contributed by atoms with Crippen molar-refractivity contribution in [1.82, 2.24) is 15.0 Å². The van der Waals surface area contributed by atoms with Crippen LogP contribution in [-0.2, 0) is 10.0 Å². The van der Waals surface area contributed by atoms with Gasteiger partial charge in [-0.05, 0) is 12.1 Å². The first-order valence-electron chi connectivity index (χ1n) is 7.81. The molecule has 3 aromatic rings. The molecule has 0 amide bonds. The molecule has 9 nitrogen and oxygen atoms in total. The van der Waals surface area contributed by atoms with Crippen LogP contribution in [0.4, 0.5) is 14.7 Å². The van der Waals surface area contributed by atoms with Gasteiger partial charge in [-0.15, -0.1) is 0 Å². The Bertz CT molecular complexity index is 1210. The second-order valence-corrected chi connectivity index (χ2v) is 7.52. The third-order valence-corrected chi connectivity index (χ3v) is 5.37.